The molecule has 2 amide bonds. The van der Waals surface area contributed by atoms with Crippen molar-refractivity contribution in [2.24, 2.45) is 5.92 Å². The fraction of sp³-hybridized carbons (Fsp3) is 0.333. The third-order valence-electron chi connectivity index (χ3n) is 4.72. The lowest BCUT2D eigenvalue weighted by atomic mass is 10.1. The van der Waals surface area contributed by atoms with Gasteiger partial charge in [-0.25, -0.2) is 0 Å². The Hall–Kier alpha value is -2.82. The van der Waals surface area contributed by atoms with Crippen molar-refractivity contribution in [2.45, 2.75) is 33.4 Å². The summed E-state index contributed by atoms with van der Waals surface area (Å²) in [6.07, 6.45) is 0. The van der Waals surface area contributed by atoms with E-state index in [1.807, 2.05) is 43.3 Å². The van der Waals surface area contributed by atoms with E-state index in [-0.39, 0.29) is 24.5 Å². The monoisotopic (exact) mass is 352 g/mol. The summed E-state index contributed by atoms with van der Waals surface area (Å²) >= 11 is 0. The molecule has 2 aromatic rings. The second-order valence-corrected chi connectivity index (χ2v) is 6.94. The second kappa shape index (κ2) is 7.60. The van der Waals surface area contributed by atoms with E-state index in [0.29, 0.717) is 23.8 Å². The zero-order valence-electron chi connectivity index (χ0n) is 15.4. The Labute approximate surface area is 154 Å². The molecule has 1 atom stereocenters. The van der Waals surface area contributed by atoms with Gasteiger partial charge in [0.2, 0.25) is 0 Å². The van der Waals surface area contributed by atoms with E-state index >= 15 is 0 Å². The van der Waals surface area contributed by atoms with E-state index < -0.39 is 0 Å². The summed E-state index contributed by atoms with van der Waals surface area (Å²) in [5.41, 5.74) is 2.36. The Bertz CT molecular complexity index is 799. The summed E-state index contributed by atoms with van der Waals surface area (Å²) in [6, 6.07) is 15.0. The summed E-state index contributed by atoms with van der Waals surface area (Å²) in [5.74, 6) is 0.943. The van der Waals surface area contributed by atoms with E-state index in [4.69, 9.17) is 4.74 Å². The minimum atomic E-state index is -0.0782. The van der Waals surface area contributed by atoms with Crippen LogP contribution in [0.1, 0.15) is 36.7 Å². The molecule has 0 spiro atoms. The molecule has 0 radical (unpaired) electrons. The predicted molar refractivity (Wildman–Crippen MR) is 101 cm³/mol. The molecule has 0 saturated heterocycles. The maximum Gasteiger partial charge on any atom is 0.265 e. The number of ether oxygens (including phenoxy) is 1. The summed E-state index contributed by atoms with van der Waals surface area (Å²) < 4.78 is 5.47. The average Bonchev–Trinajstić information content (AvgIpc) is 2.64. The number of para-hydroxylation sites is 2. The molecule has 0 bridgehead atoms. The molecular weight excluding hydrogens is 328 g/mol. The number of carbonyl (C=O) groups is 2. The van der Waals surface area contributed by atoms with Gasteiger partial charge in [-0.1, -0.05) is 38.1 Å². The summed E-state index contributed by atoms with van der Waals surface area (Å²) in [6.45, 7) is 6.64. The van der Waals surface area contributed by atoms with Gasteiger partial charge in [-0.3, -0.25) is 9.59 Å². The molecule has 0 unspecified atom stereocenters. The highest BCUT2D eigenvalue weighted by atomic mass is 16.5. The lowest BCUT2D eigenvalue weighted by molar-refractivity contribution is -0.121. The smallest absolute Gasteiger partial charge is 0.265 e. The van der Waals surface area contributed by atoms with Crippen LogP contribution < -0.4 is 15.0 Å². The topological polar surface area (TPSA) is 58.6 Å². The van der Waals surface area contributed by atoms with E-state index in [2.05, 4.69) is 19.2 Å². The number of carbonyl (C=O) groups excluding carboxylic acids is 2. The molecule has 26 heavy (non-hydrogen) atoms. The predicted octanol–water partition coefficient (Wildman–Crippen LogP) is 3.39. The molecule has 136 valence electrons. The average molecular weight is 352 g/mol. The molecule has 1 aliphatic heterocycles. The Kier molecular flexibility index (Phi) is 5.26. The number of amides is 2. The highest BCUT2D eigenvalue weighted by Crippen LogP contribution is 2.32. The third-order valence-corrected chi connectivity index (χ3v) is 4.72. The Morgan fingerprint density at radius 3 is 2.50 bits per heavy atom. The zero-order valence-corrected chi connectivity index (χ0v) is 15.4. The van der Waals surface area contributed by atoms with Crippen molar-refractivity contribution in [3.05, 3.63) is 59.7 Å². The molecule has 1 heterocycles. The van der Waals surface area contributed by atoms with Gasteiger partial charge in [-0.05, 0) is 42.7 Å². The zero-order chi connectivity index (χ0) is 18.7. The van der Waals surface area contributed by atoms with Crippen molar-refractivity contribution in [3.63, 3.8) is 0 Å². The Balaban J connectivity index is 1.72. The van der Waals surface area contributed by atoms with E-state index in [9.17, 15) is 9.59 Å². The molecule has 3 rings (SSSR count). The van der Waals surface area contributed by atoms with Gasteiger partial charge < -0.3 is 15.0 Å². The first-order chi connectivity index (χ1) is 12.5. The molecule has 0 saturated carbocycles. The molecule has 0 aliphatic carbocycles. The van der Waals surface area contributed by atoms with Gasteiger partial charge >= 0.3 is 0 Å². The van der Waals surface area contributed by atoms with Gasteiger partial charge in [0.05, 0.1) is 12.2 Å². The largest absolute Gasteiger partial charge is 0.482 e. The highest BCUT2D eigenvalue weighted by Gasteiger charge is 2.25. The molecule has 0 aromatic heterocycles. The highest BCUT2D eigenvalue weighted by molar-refractivity contribution is 5.98. The number of benzene rings is 2. The molecule has 2 aromatic carbocycles. The van der Waals surface area contributed by atoms with Crippen molar-refractivity contribution in [1.29, 1.82) is 0 Å². The van der Waals surface area contributed by atoms with Gasteiger partial charge in [0, 0.05) is 11.6 Å². The Morgan fingerprint density at radius 1 is 1.12 bits per heavy atom. The van der Waals surface area contributed by atoms with Gasteiger partial charge in [0.1, 0.15) is 5.75 Å². The molecule has 1 aliphatic rings. The molecule has 5 nitrogen and oxygen atoms in total. The van der Waals surface area contributed by atoms with Crippen molar-refractivity contribution < 1.29 is 14.3 Å². The molecule has 1 N–H and O–H groups in total. The number of anilines is 1. The van der Waals surface area contributed by atoms with Crippen molar-refractivity contribution in [1.82, 2.24) is 5.32 Å². The summed E-state index contributed by atoms with van der Waals surface area (Å²) in [5, 5.41) is 3.00. The first kappa shape index (κ1) is 18.0. The number of rotatable bonds is 5. The van der Waals surface area contributed by atoms with Crippen LogP contribution in [0.4, 0.5) is 5.69 Å². The van der Waals surface area contributed by atoms with Crippen molar-refractivity contribution in [3.8, 4) is 5.75 Å². The quantitative estimate of drug-likeness (QED) is 0.897. The maximum atomic E-state index is 12.3. The van der Waals surface area contributed by atoms with Crippen LogP contribution >= 0.6 is 0 Å². The number of nitrogens with zero attached hydrogens (tertiary/aromatic N) is 1. The fourth-order valence-electron chi connectivity index (χ4n) is 2.73. The van der Waals surface area contributed by atoms with Crippen LogP contribution in [0.5, 0.6) is 5.75 Å². The van der Waals surface area contributed by atoms with Crippen LogP contribution in [0.2, 0.25) is 0 Å². The maximum absolute atomic E-state index is 12.3. The van der Waals surface area contributed by atoms with E-state index in [0.717, 1.165) is 11.3 Å². The Morgan fingerprint density at radius 2 is 1.81 bits per heavy atom. The summed E-state index contributed by atoms with van der Waals surface area (Å²) in [4.78, 5) is 26.3. The normalized spacial score (nSPS) is 14.6. The lowest BCUT2D eigenvalue weighted by Gasteiger charge is -2.29. The molecule has 0 fully saturated rings. The van der Waals surface area contributed by atoms with E-state index in [1.54, 1.807) is 17.0 Å². The van der Waals surface area contributed by atoms with Crippen molar-refractivity contribution in [2.75, 3.05) is 11.5 Å². The van der Waals surface area contributed by atoms with Crippen LogP contribution in [-0.2, 0) is 11.3 Å². The number of fused-ring (bicyclic) bond motifs is 1. The first-order valence-electron chi connectivity index (χ1n) is 8.87. The molecule has 5 heteroatoms. The number of hydrogen-bond acceptors (Lipinski definition) is 3. The number of hydrogen-bond donors (Lipinski definition) is 1. The van der Waals surface area contributed by atoms with Crippen LogP contribution in [-0.4, -0.2) is 24.5 Å². The third kappa shape index (κ3) is 3.87. The SMILES string of the molecule is CC(C)[C@H](C)NC(=O)c1ccc(CN2C(=O)COc3ccccc32)cc1. The van der Waals surface area contributed by atoms with Gasteiger partial charge in [-0.15, -0.1) is 0 Å². The van der Waals surface area contributed by atoms with Gasteiger partial charge in [-0.2, -0.15) is 0 Å². The molecular formula is C21H24N2O3. The lowest BCUT2D eigenvalue weighted by Crippen LogP contribution is -2.38. The minimum absolute atomic E-state index is 0.0462. The van der Waals surface area contributed by atoms with Crippen LogP contribution in [0.3, 0.4) is 0 Å². The minimum Gasteiger partial charge on any atom is -0.482 e. The second-order valence-electron chi connectivity index (χ2n) is 6.94. The first-order valence-corrected chi connectivity index (χ1v) is 8.87. The van der Waals surface area contributed by atoms with Crippen LogP contribution in [0, 0.1) is 5.92 Å². The number of nitrogens with one attached hydrogen (secondary N) is 1. The van der Waals surface area contributed by atoms with Gasteiger partial charge in [0.25, 0.3) is 11.8 Å². The van der Waals surface area contributed by atoms with Crippen molar-refractivity contribution >= 4 is 17.5 Å². The van der Waals surface area contributed by atoms with Crippen LogP contribution in [0.25, 0.3) is 0 Å². The van der Waals surface area contributed by atoms with Crippen LogP contribution in [0.15, 0.2) is 48.5 Å². The fourth-order valence-corrected chi connectivity index (χ4v) is 2.73. The van der Waals surface area contributed by atoms with E-state index in [1.165, 1.54) is 0 Å². The standard InChI is InChI=1S/C21H24N2O3/c1-14(2)15(3)22-21(25)17-10-8-16(9-11-17)12-23-18-6-4-5-7-19(18)26-13-20(23)24/h4-11,14-15H,12-13H2,1-3H3,(H,22,25)/t15-/m0/s1. The summed E-state index contributed by atoms with van der Waals surface area (Å²) in [7, 11) is 0. The van der Waals surface area contributed by atoms with Gasteiger partial charge in [0.15, 0.2) is 6.61 Å².